The fraction of sp³-hybridized carbons (Fsp3) is 0.133. The lowest BCUT2D eigenvalue weighted by atomic mass is 9.99. The van der Waals surface area contributed by atoms with E-state index >= 15 is 0 Å². The molecular weight excluding hydrogens is 208 g/mol. The molecule has 2 rings (SSSR count). The van der Waals surface area contributed by atoms with Crippen LogP contribution in [-0.4, -0.2) is 20.3 Å². The molecular formula is C15H16N2. The van der Waals surface area contributed by atoms with Crippen LogP contribution in [0.4, 0.5) is 0 Å². The molecule has 86 valence electrons. The molecule has 0 bridgehead atoms. The van der Waals surface area contributed by atoms with Crippen LogP contribution in [0.25, 0.3) is 16.3 Å². The topological polar surface area (TPSA) is 24.4 Å². The van der Waals surface area contributed by atoms with Gasteiger partial charge in [0.25, 0.3) is 0 Å². The molecule has 0 aromatic heterocycles. The van der Waals surface area contributed by atoms with Crippen molar-refractivity contribution in [3.05, 3.63) is 54.2 Å². The summed E-state index contributed by atoms with van der Waals surface area (Å²) in [7, 11) is 3.68. The van der Waals surface area contributed by atoms with Crippen LogP contribution < -0.4 is 5.32 Å². The first-order valence-electron chi connectivity index (χ1n) is 5.64. The van der Waals surface area contributed by atoms with E-state index in [1.807, 2.05) is 19.5 Å². The van der Waals surface area contributed by atoms with E-state index in [0.29, 0.717) is 0 Å². The van der Waals surface area contributed by atoms with E-state index in [4.69, 9.17) is 0 Å². The number of fused-ring (bicyclic) bond motifs is 1. The van der Waals surface area contributed by atoms with Crippen LogP contribution in [0.5, 0.6) is 0 Å². The number of allylic oxidation sites excluding steroid dienone is 1. The van der Waals surface area contributed by atoms with Gasteiger partial charge in [-0.05, 0) is 16.3 Å². The van der Waals surface area contributed by atoms with Crippen LogP contribution in [0.15, 0.2) is 53.7 Å². The van der Waals surface area contributed by atoms with Gasteiger partial charge in [0.1, 0.15) is 0 Å². The van der Waals surface area contributed by atoms with Gasteiger partial charge in [0.2, 0.25) is 0 Å². The van der Waals surface area contributed by atoms with Gasteiger partial charge in [0.15, 0.2) is 0 Å². The highest BCUT2D eigenvalue weighted by molar-refractivity contribution is 6.14. The molecule has 0 fully saturated rings. The number of nitrogens with zero attached hydrogens (tertiary/aromatic N) is 1. The maximum Gasteiger partial charge on any atom is 0.0302 e. The molecule has 0 amide bonds. The fourth-order valence-corrected chi connectivity index (χ4v) is 1.96. The third kappa shape index (κ3) is 2.36. The SMILES string of the molecule is CN=C/C(=C\NC)c1cccc2ccccc12. The van der Waals surface area contributed by atoms with Crippen LogP contribution in [0, 0.1) is 0 Å². The van der Waals surface area contributed by atoms with Crippen molar-refractivity contribution < 1.29 is 0 Å². The lowest BCUT2D eigenvalue weighted by Gasteiger charge is -2.07. The Balaban J connectivity index is 2.65. The second kappa shape index (κ2) is 5.30. The molecule has 0 aliphatic rings. The molecule has 0 spiro atoms. The van der Waals surface area contributed by atoms with E-state index in [-0.39, 0.29) is 0 Å². The number of rotatable bonds is 3. The smallest absolute Gasteiger partial charge is 0.0302 e. The normalized spacial score (nSPS) is 12.2. The quantitative estimate of drug-likeness (QED) is 0.796. The van der Waals surface area contributed by atoms with E-state index in [2.05, 4.69) is 52.8 Å². The van der Waals surface area contributed by atoms with Gasteiger partial charge in [-0.1, -0.05) is 42.5 Å². The van der Waals surface area contributed by atoms with E-state index < -0.39 is 0 Å². The zero-order valence-electron chi connectivity index (χ0n) is 10.1. The third-order valence-electron chi connectivity index (χ3n) is 2.67. The summed E-state index contributed by atoms with van der Waals surface area (Å²) in [5, 5.41) is 5.56. The highest BCUT2D eigenvalue weighted by Gasteiger charge is 2.03. The summed E-state index contributed by atoms with van der Waals surface area (Å²) in [6.45, 7) is 0. The number of hydrogen-bond acceptors (Lipinski definition) is 2. The third-order valence-corrected chi connectivity index (χ3v) is 2.67. The van der Waals surface area contributed by atoms with Gasteiger partial charge in [-0.15, -0.1) is 0 Å². The standard InChI is InChI=1S/C15H16N2/c1-16-10-13(11-17-2)15-9-5-7-12-6-3-4-8-14(12)15/h3-11,16H,1-2H3/b13-10+,17-11?. The van der Waals surface area contributed by atoms with Crippen molar-refractivity contribution in [2.24, 2.45) is 4.99 Å². The Kier molecular flexibility index (Phi) is 3.55. The summed E-state index contributed by atoms with van der Waals surface area (Å²) >= 11 is 0. The van der Waals surface area contributed by atoms with Crippen LogP contribution >= 0.6 is 0 Å². The first-order valence-corrected chi connectivity index (χ1v) is 5.64. The molecule has 2 aromatic rings. The number of nitrogens with one attached hydrogen (secondary N) is 1. The van der Waals surface area contributed by atoms with E-state index in [9.17, 15) is 0 Å². The number of hydrogen-bond donors (Lipinski definition) is 1. The Bertz CT molecular complexity index is 563. The Hall–Kier alpha value is -2.09. The molecule has 2 aromatic carbocycles. The van der Waals surface area contributed by atoms with Crippen LogP contribution in [0.1, 0.15) is 5.56 Å². The van der Waals surface area contributed by atoms with Crippen LogP contribution in [0.3, 0.4) is 0 Å². The van der Waals surface area contributed by atoms with Gasteiger partial charge >= 0.3 is 0 Å². The molecule has 0 aliphatic carbocycles. The lowest BCUT2D eigenvalue weighted by Crippen LogP contribution is -1.98. The molecule has 0 atom stereocenters. The second-order valence-electron chi connectivity index (χ2n) is 3.80. The molecule has 17 heavy (non-hydrogen) atoms. The molecule has 0 saturated heterocycles. The predicted molar refractivity (Wildman–Crippen MR) is 75.4 cm³/mol. The molecule has 0 aliphatic heterocycles. The monoisotopic (exact) mass is 224 g/mol. The zero-order chi connectivity index (χ0) is 12.1. The van der Waals surface area contributed by atoms with Crippen molar-refractivity contribution in [3.63, 3.8) is 0 Å². The van der Waals surface area contributed by atoms with Gasteiger partial charge in [-0.2, -0.15) is 0 Å². The van der Waals surface area contributed by atoms with Crippen molar-refractivity contribution in [1.82, 2.24) is 5.32 Å². The van der Waals surface area contributed by atoms with Gasteiger partial charge in [-0.25, -0.2) is 0 Å². The van der Waals surface area contributed by atoms with Gasteiger partial charge in [0, 0.05) is 32.1 Å². The molecule has 1 N–H and O–H groups in total. The average Bonchev–Trinajstić information content (AvgIpc) is 2.38. The van der Waals surface area contributed by atoms with Gasteiger partial charge in [-0.3, -0.25) is 4.99 Å². The first-order chi connectivity index (χ1) is 8.36. The summed E-state index contributed by atoms with van der Waals surface area (Å²) < 4.78 is 0. The molecule has 2 heteroatoms. The number of benzene rings is 2. The van der Waals surface area contributed by atoms with Crippen molar-refractivity contribution >= 4 is 22.6 Å². The Morgan fingerprint density at radius 2 is 1.88 bits per heavy atom. The lowest BCUT2D eigenvalue weighted by molar-refractivity contribution is 1.11. The van der Waals surface area contributed by atoms with Crippen molar-refractivity contribution in [2.45, 2.75) is 0 Å². The highest BCUT2D eigenvalue weighted by atomic mass is 14.8. The van der Waals surface area contributed by atoms with Crippen molar-refractivity contribution in [1.29, 1.82) is 0 Å². The highest BCUT2D eigenvalue weighted by Crippen LogP contribution is 2.23. The van der Waals surface area contributed by atoms with E-state index in [0.717, 1.165) is 5.57 Å². The van der Waals surface area contributed by atoms with Crippen molar-refractivity contribution in [2.75, 3.05) is 14.1 Å². The minimum absolute atomic E-state index is 1.09. The average molecular weight is 224 g/mol. The fourth-order valence-electron chi connectivity index (χ4n) is 1.96. The Labute approximate surface area is 102 Å². The van der Waals surface area contributed by atoms with Crippen LogP contribution in [-0.2, 0) is 0 Å². The molecule has 0 saturated carbocycles. The summed E-state index contributed by atoms with van der Waals surface area (Å²) in [6.07, 6.45) is 3.84. The molecule has 0 unspecified atom stereocenters. The predicted octanol–water partition coefficient (Wildman–Crippen LogP) is 3.10. The maximum absolute atomic E-state index is 4.10. The second-order valence-corrected chi connectivity index (χ2v) is 3.80. The minimum atomic E-state index is 1.09. The van der Waals surface area contributed by atoms with E-state index in [1.165, 1.54) is 16.3 Å². The Morgan fingerprint density at radius 1 is 1.12 bits per heavy atom. The molecule has 0 radical (unpaired) electrons. The van der Waals surface area contributed by atoms with Gasteiger partial charge in [0.05, 0.1) is 0 Å². The number of aliphatic imine (C=N–C) groups is 1. The van der Waals surface area contributed by atoms with Crippen LogP contribution in [0.2, 0.25) is 0 Å². The zero-order valence-corrected chi connectivity index (χ0v) is 10.1. The van der Waals surface area contributed by atoms with Gasteiger partial charge < -0.3 is 5.32 Å². The molecule has 0 heterocycles. The summed E-state index contributed by atoms with van der Waals surface area (Å²) in [4.78, 5) is 4.10. The molecule has 2 nitrogen and oxygen atoms in total. The largest absolute Gasteiger partial charge is 0.393 e. The summed E-state index contributed by atoms with van der Waals surface area (Å²) in [5.74, 6) is 0. The summed E-state index contributed by atoms with van der Waals surface area (Å²) in [5.41, 5.74) is 2.29. The summed E-state index contributed by atoms with van der Waals surface area (Å²) in [6, 6.07) is 14.7. The Morgan fingerprint density at radius 3 is 2.65 bits per heavy atom. The maximum atomic E-state index is 4.10. The van der Waals surface area contributed by atoms with E-state index in [1.54, 1.807) is 7.05 Å². The minimum Gasteiger partial charge on any atom is -0.393 e. The first kappa shape index (κ1) is 11.4. The van der Waals surface area contributed by atoms with Crippen molar-refractivity contribution in [3.8, 4) is 0 Å².